The zero-order valence-electron chi connectivity index (χ0n) is 11.6. The van der Waals surface area contributed by atoms with E-state index in [0.717, 1.165) is 35.9 Å². The highest BCUT2D eigenvalue weighted by Gasteiger charge is 2.11. The highest BCUT2D eigenvalue weighted by molar-refractivity contribution is 14.0. The Morgan fingerprint density at radius 2 is 1.90 bits per heavy atom. The van der Waals surface area contributed by atoms with Crippen LogP contribution < -0.4 is 10.6 Å². The summed E-state index contributed by atoms with van der Waals surface area (Å²) in [5.74, 6) is 0.881. The molecular weight excluding hydrogens is 385 g/mol. The van der Waals surface area contributed by atoms with E-state index in [9.17, 15) is 0 Å². The molecule has 0 saturated heterocycles. The van der Waals surface area contributed by atoms with Crippen molar-refractivity contribution in [2.45, 2.75) is 32.4 Å². The van der Waals surface area contributed by atoms with Crippen molar-refractivity contribution in [1.82, 2.24) is 10.6 Å². The lowest BCUT2D eigenvalue weighted by atomic mass is 10.2. The van der Waals surface area contributed by atoms with Gasteiger partial charge in [0.25, 0.3) is 0 Å². The molecule has 0 amide bonds. The van der Waals surface area contributed by atoms with Gasteiger partial charge in [-0.15, -0.1) is 24.0 Å². The largest absolute Gasteiger partial charge is 0.357 e. The van der Waals surface area contributed by atoms with Gasteiger partial charge in [-0.3, -0.25) is 0 Å². The number of nitrogens with zero attached hydrogens (tertiary/aromatic N) is 1. The van der Waals surface area contributed by atoms with E-state index in [-0.39, 0.29) is 24.0 Å². The molecule has 0 bridgehead atoms. The third kappa shape index (κ3) is 5.71. The number of guanidine groups is 1. The molecule has 0 aliphatic heterocycles. The lowest BCUT2D eigenvalue weighted by Crippen LogP contribution is -2.42. The quantitative estimate of drug-likeness (QED) is 0.347. The van der Waals surface area contributed by atoms with E-state index in [1.54, 1.807) is 0 Å². The van der Waals surface area contributed by atoms with Crippen LogP contribution in [0.15, 0.2) is 41.4 Å². The van der Waals surface area contributed by atoms with E-state index < -0.39 is 0 Å². The lowest BCUT2D eigenvalue weighted by Gasteiger charge is -2.16. The van der Waals surface area contributed by atoms with Crippen LogP contribution in [0, 0.1) is 0 Å². The summed E-state index contributed by atoms with van der Waals surface area (Å²) >= 11 is 5.87. The van der Waals surface area contributed by atoms with Crippen LogP contribution in [0.25, 0.3) is 0 Å². The zero-order valence-corrected chi connectivity index (χ0v) is 14.7. The molecule has 1 aliphatic carbocycles. The summed E-state index contributed by atoms with van der Waals surface area (Å²) < 4.78 is 0. The number of hydrogen-bond acceptors (Lipinski definition) is 1. The molecule has 1 aliphatic rings. The minimum Gasteiger partial charge on any atom is -0.357 e. The molecule has 5 heteroatoms. The zero-order chi connectivity index (χ0) is 13.5. The van der Waals surface area contributed by atoms with Gasteiger partial charge in [-0.2, -0.15) is 0 Å². The monoisotopic (exact) mass is 405 g/mol. The number of benzene rings is 1. The summed E-state index contributed by atoms with van der Waals surface area (Å²) in [6, 6.07) is 8.28. The van der Waals surface area contributed by atoms with Gasteiger partial charge in [-0.05, 0) is 37.5 Å². The van der Waals surface area contributed by atoms with Crippen LogP contribution in [0.1, 0.15) is 25.3 Å². The second kappa shape index (κ2) is 9.23. The molecule has 0 fully saturated rings. The summed E-state index contributed by atoms with van der Waals surface area (Å²) in [7, 11) is 0. The fourth-order valence-electron chi connectivity index (χ4n) is 2.01. The van der Waals surface area contributed by atoms with Crippen LogP contribution in [0.4, 0.5) is 0 Å². The molecule has 2 rings (SSSR count). The molecule has 2 N–H and O–H groups in total. The second-order valence-corrected chi connectivity index (χ2v) is 5.04. The Balaban J connectivity index is 0.00000200. The molecule has 1 aromatic rings. The maximum atomic E-state index is 5.87. The highest BCUT2D eigenvalue weighted by atomic mass is 127. The van der Waals surface area contributed by atoms with Gasteiger partial charge in [-0.25, -0.2) is 4.99 Å². The smallest absolute Gasteiger partial charge is 0.191 e. The van der Waals surface area contributed by atoms with E-state index in [1.165, 1.54) is 0 Å². The topological polar surface area (TPSA) is 36.4 Å². The molecule has 0 atom stereocenters. The maximum Gasteiger partial charge on any atom is 0.191 e. The third-order valence-corrected chi connectivity index (χ3v) is 3.28. The summed E-state index contributed by atoms with van der Waals surface area (Å²) in [5.41, 5.74) is 1.16. The molecule has 20 heavy (non-hydrogen) atoms. The molecule has 0 spiro atoms. The van der Waals surface area contributed by atoms with Crippen molar-refractivity contribution in [3.05, 3.63) is 47.0 Å². The first-order chi connectivity index (χ1) is 9.28. The first-order valence-corrected chi connectivity index (χ1v) is 7.10. The Morgan fingerprint density at radius 3 is 2.50 bits per heavy atom. The summed E-state index contributed by atoms with van der Waals surface area (Å²) in [4.78, 5) is 4.60. The first kappa shape index (κ1) is 17.3. The average molecular weight is 406 g/mol. The molecule has 0 saturated carbocycles. The fourth-order valence-corrected chi connectivity index (χ4v) is 2.13. The van der Waals surface area contributed by atoms with Crippen molar-refractivity contribution in [2.24, 2.45) is 4.99 Å². The van der Waals surface area contributed by atoms with Gasteiger partial charge in [0.15, 0.2) is 5.96 Å². The average Bonchev–Trinajstić information content (AvgIpc) is 2.91. The Labute approximate surface area is 142 Å². The minimum absolute atomic E-state index is 0. The molecule has 0 radical (unpaired) electrons. The van der Waals surface area contributed by atoms with Gasteiger partial charge in [0.1, 0.15) is 0 Å². The van der Waals surface area contributed by atoms with Gasteiger partial charge >= 0.3 is 0 Å². The van der Waals surface area contributed by atoms with Crippen LogP contribution in [0.2, 0.25) is 5.02 Å². The standard InChI is InChI=1S/C15H20ClN3.HI/c1-2-17-15(19-14-5-3-4-6-14)18-11-12-7-9-13(16)10-8-12;/h3-4,7-10,14H,2,5-6,11H2,1H3,(H2,17,18,19);1H. The molecule has 0 heterocycles. The number of halogens is 2. The van der Waals surface area contributed by atoms with Crippen LogP contribution >= 0.6 is 35.6 Å². The Kier molecular flexibility index (Phi) is 7.99. The van der Waals surface area contributed by atoms with Crippen LogP contribution in [0.3, 0.4) is 0 Å². The normalized spacial score (nSPS) is 15.0. The van der Waals surface area contributed by atoms with Crippen molar-refractivity contribution in [1.29, 1.82) is 0 Å². The van der Waals surface area contributed by atoms with Crippen molar-refractivity contribution in [3.63, 3.8) is 0 Å². The maximum absolute atomic E-state index is 5.87. The predicted octanol–water partition coefficient (Wildman–Crippen LogP) is 3.73. The molecule has 110 valence electrons. The highest BCUT2D eigenvalue weighted by Crippen LogP contribution is 2.11. The SMILES string of the molecule is CCNC(=NCc1ccc(Cl)cc1)NC1CC=CC1.I. The van der Waals surface area contributed by atoms with E-state index in [4.69, 9.17) is 11.6 Å². The Bertz CT molecular complexity index is 449. The lowest BCUT2D eigenvalue weighted by molar-refractivity contribution is 0.633. The fraction of sp³-hybridized carbons (Fsp3) is 0.400. The van der Waals surface area contributed by atoms with Gasteiger partial charge in [0.2, 0.25) is 0 Å². The second-order valence-electron chi connectivity index (χ2n) is 4.61. The number of nitrogens with one attached hydrogen (secondary N) is 2. The van der Waals surface area contributed by atoms with Crippen LogP contribution in [-0.4, -0.2) is 18.5 Å². The summed E-state index contributed by atoms with van der Waals surface area (Å²) in [6.07, 6.45) is 6.57. The summed E-state index contributed by atoms with van der Waals surface area (Å²) in [5, 5.41) is 7.48. The molecule has 0 aromatic heterocycles. The van der Waals surface area contributed by atoms with Gasteiger partial charge in [-0.1, -0.05) is 35.9 Å². The predicted molar refractivity (Wildman–Crippen MR) is 97.0 cm³/mol. The van der Waals surface area contributed by atoms with Gasteiger partial charge < -0.3 is 10.6 Å². The molecule has 1 aromatic carbocycles. The van der Waals surface area contributed by atoms with Gasteiger partial charge in [0.05, 0.1) is 6.54 Å². The Morgan fingerprint density at radius 1 is 1.25 bits per heavy atom. The first-order valence-electron chi connectivity index (χ1n) is 6.72. The van der Waals surface area contributed by atoms with Crippen molar-refractivity contribution in [3.8, 4) is 0 Å². The minimum atomic E-state index is 0. The van der Waals surface area contributed by atoms with E-state index in [0.29, 0.717) is 12.6 Å². The van der Waals surface area contributed by atoms with E-state index in [1.807, 2.05) is 24.3 Å². The van der Waals surface area contributed by atoms with E-state index >= 15 is 0 Å². The van der Waals surface area contributed by atoms with Gasteiger partial charge in [0, 0.05) is 17.6 Å². The molecule has 0 unspecified atom stereocenters. The van der Waals surface area contributed by atoms with E-state index in [2.05, 4.69) is 34.7 Å². The van der Waals surface area contributed by atoms with Crippen LogP contribution in [-0.2, 0) is 6.54 Å². The summed E-state index contributed by atoms with van der Waals surface area (Å²) in [6.45, 7) is 3.60. The molecular formula is C15H21ClIN3. The number of aliphatic imine (C=N–C) groups is 1. The molecule has 3 nitrogen and oxygen atoms in total. The Hall–Kier alpha value is -0.750. The number of hydrogen-bond donors (Lipinski definition) is 2. The van der Waals surface area contributed by atoms with Crippen molar-refractivity contribution < 1.29 is 0 Å². The van der Waals surface area contributed by atoms with Crippen molar-refractivity contribution >= 4 is 41.5 Å². The third-order valence-electron chi connectivity index (χ3n) is 3.03. The van der Waals surface area contributed by atoms with Crippen molar-refractivity contribution in [2.75, 3.05) is 6.54 Å². The van der Waals surface area contributed by atoms with Crippen LogP contribution in [0.5, 0.6) is 0 Å². The number of rotatable bonds is 4.